The van der Waals surface area contributed by atoms with Gasteiger partial charge in [0.1, 0.15) is 11.6 Å². The molecule has 0 unspecified atom stereocenters. The van der Waals surface area contributed by atoms with Crippen LogP contribution in [0.4, 0.5) is 4.39 Å². The van der Waals surface area contributed by atoms with Crippen molar-refractivity contribution in [3.05, 3.63) is 29.6 Å². The second-order valence-electron chi connectivity index (χ2n) is 2.74. The molecule has 70 valence electrons. The molecule has 0 heterocycles. The Bertz CT molecular complexity index is 321. The van der Waals surface area contributed by atoms with Gasteiger partial charge in [-0.15, -0.1) is 0 Å². The molecular weight excluding hydrogens is 171 g/mol. The van der Waals surface area contributed by atoms with Crippen molar-refractivity contribution in [1.29, 1.82) is 0 Å². The highest BCUT2D eigenvalue weighted by molar-refractivity contribution is 5.71. The first-order valence-corrected chi connectivity index (χ1v) is 4.10. The van der Waals surface area contributed by atoms with Crippen molar-refractivity contribution in [3.8, 4) is 5.75 Å². The van der Waals surface area contributed by atoms with E-state index in [1.54, 1.807) is 13.8 Å². The Kier molecular flexibility index (Phi) is 3.01. The molecule has 0 saturated carbocycles. The Morgan fingerprint density at radius 1 is 1.54 bits per heavy atom. The highest BCUT2D eigenvalue weighted by Gasteiger charge is 2.03. The van der Waals surface area contributed by atoms with Crippen LogP contribution in [-0.2, 0) is 4.79 Å². The van der Waals surface area contributed by atoms with Crippen LogP contribution in [-0.4, -0.2) is 5.97 Å². The number of rotatable bonds is 2. The Hall–Kier alpha value is -1.38. The Morgan fingerprint density at radius 3 is 2.77 bits per heavy atom. The summed E-state index contributed by atoms with van der Waals surface area (Å²) in [5.74, 6) is -0.215. The first-order chi connectivity index (χ1) is 6.13. The van der Waals surface area contributed by atoms with Crippen molar-refractivity contribution in [1.82, 2.24) is 0 Å². The van der Waals surface area contributed by atoms with E-state index < -0.39 is 0 Å². The van der Waals surface area contributed by atoms with Crippen molar-refractivity contribution >= 4 is 5.97 Å². The van der Waals surface area contributed by atoms with Crippen molar-refractivity contribution in [2.75, 3.05) is 0 Å². The standard InChI is InChI=1S/C10H11FO2/c1-3-10(12)13-8-4-5-9(11)7(2)6-8/h4-6H,3H2,1-2H3. The number of halogens is 1. The Labute approximate surface area is 76.3 Å². The van der Waals surface area contributed by atoms with Gasteiger partial charge < -0.3 is 4.74 Å². The van der Waals surface area contributed by atoms with E-state index in [-0.39, 0.29) is 11.8 Å². The molecule has 0 bridgehead atoms. The van der Waals surface area contributed by atoms with Crippen LogP contribution in [0.15, 0.2) is 18.2 Å². The molecule has 0 fully saturated rings. The van der Waals surface area contributed by atoms with Crippen LogP contribution in [0.2, 0.25) is 0 Å². The molecular formula is C10H11FO2. The summed E-state index contributed by atoms with van der Waals surface area (Å²) in [6, 6.07) is 4.23. The van der Waals surface area contributed by atoms with Gasteiger partial charge >= 0.3 is 5.97 Å². The van der Waals surface area contributed by atoms with Gasteiger partial charge in [-0.3, -0.25) is 4.79 Å². The minimum absolute atomic E-state index is 0.295. The maximum Gasteiger partial charge on any atom is 0.310 e. The fourth-order valence-electron chi connectivity index (χ4n) is 0.884. The minimum atomic E-state index is -0.314. The zero-order valence-corrected chi connectivity index (χ0v) is 7.63. The third-order valence-electron chi connectivity index (χ3n) is 1.65. The van der Waals surface area contributed by atoms with Gasteiger partial charge in [0, 0.05) is 6.42 Å². The highest BCUT2D eigenvalue weighted by Crippen LogP contribution is 2.16. The number of carbonyl (C=O) groups is 1. The fraction of sp³-hybridized carbons (Fsp3) is 0.300. The lowest BCUT2D eigenvalue weighted by molar-refractivity contribution is -0.134. The number of benzene rings is 1. The van der Waals surface area contributed by atoms with Crippen LogP contribution in [0.1, 0.15) is 18.9 Å². The molecule has 0 saturated heterocycles. The molecule has 0 aliphatic rings. The van der Waals surface area contributed by atoms with Gasteiger partial charge in [0.2, 0.25) is 0 Å². The largest absolute Gasteiger partial charge is 0.427 e. The summed E-state index contributed by atoms with van der Waals surface area (Å²) in [6.45, 7) is 3.33. The fourth-order valence-corrected chi connectivity index (χ4v) is 0.884. The van der Waals surface area contributed by atoms with Crippen molar-refractivity contribution in [2.24, 2.45) is 0 Å². The van der Waals surface area contributed by atoms with E-state index in [1.165, 1.54) is 18.2 Å². The van der Waals surface area contributed by atoms with Crippen LogP contribution in [0, 0.1) is 12.7 Å². The van der Waals surface area contributed by atoms with Crippen molar-refractivity contribution < 1.29 is 13.9 Å². The van der Waals surface area contributed by atoms with Crippen LogP contribution >= 0.6 is 0 Å². The summed E-state index contributed by atoms with van der Waals surface area (Å²) >= 11 is 0. The summed E-state index contributed by atoms with van der Waals surface area (Å²) in [5, 5.41) is 0. The van der Waals surface area contributed by atoms with Gasteiger partial charge in [0.15, 0.2) is 0 Å². The van der Waals surface area contributed by atoms with Gasteiger partial charge in [-0.05, 0) is 30.7 Å². The van der Waals surface area contributed by atoms with Crippen molar-refractivity contribution in [2.45, 2.75) is 20.3 Å². The van der Waals surface area contributed by atoms with Crippen LogP contribution in [0.25, 0.3) is 0 Å². The highest BCUT2D eigenvalue weighted by atomic mass is 19.1. The normalized spacial score (nSPS) is 9.77. The molecule has 3 heteroatoms. The molecule has 0 aromatic heterocycles. The molecule has 0 radical (unpaired) electrons. The summed E-state index contributed by atoms with van der Waals surface area (Å²) in [6.07, 6.45) is 0.316. The molecule has 1 rings (SSSR count). The van der Waals surface area contributed by atoms with Gasteiger partial charge in [0.25, 0.3) is 0 Å². The third-order valence-corrected chi connectivity index (χ3v) is 1.65. The van der Waals surface area contributed by atoms with Crippen LogP contribution < -0.4 is 4.74 Å². The molecule has 0 aliphatic heterocycles. The number of hydrogen-bond acceptors (Lipinski definition) is 2. The average molecular weight is 182 g/mol. The Morgan fingerprint density at radius 2 is 2.23 bits per heavy atom. The molecule has 0 N–H and O–H groups in total. The molecule has 13 heavy (non-hydrogen) atoms. The molecule has 0 spiro atoms. The van der Waals surface area contributed by atoms with Gasteiger partial charge in [-0.2, -0.15) is 0 Å². The van der Waals surface area contributed by atoms with E-state index in [1.807, 2.05) is 0 Å². The van der Waals surface area contributed by atoms with Crippen molar-refractivity contribution in [3.63, 3.8) is 0 Å². The minimum Gasteiger partial charge on any atom is -0.427 e. The number of aryl methyl sites for hydroxylation is 1. The van der Waals surface area contributed by atoms with E-state index >= 15 is 0 Å². The topological polar surface area (TPSA) is 26.3 Å². The average Bonchev–Trinajstić information content (AvgIpc) is 2.11. The quantitative estimate of drug-likeness (QED) is 0.518. The maximum absolute atomic E-state index is 12.8. The summed E-state index contributed by atoms with van der Waals surface area (Å²) in [5.41, 5.74) is 0.474. The third kappa shape index (κ3) is 2.54. The number of ether oxygens (including phenoxy) is 1. The van der Waals surface area contributed by atoms with Crippen LogP contribution in [0.3, 0.4) is 0 Å². The Balaban J connectivity index is 2.79. The summed E-state index contributed by atoms with van der Waals surface area (Å²) < 4.78 is 17.7. The molecule has 0 aliphatic carbocycles. The molecule has 1 aromatic rings. The number of carbonyl (C=O) groups excluding carboxylic acids is 1. The van der Waals surface area contributed by atoms with E-state index in [0.29, 0.717) is 17.7 Å². The second-order valence-corrected chi connectivity index (χ2v) is 2.74. The van der Waals surface area contributed by atoms with E-state index in [9.17, 15) is 9.18 Å². The zero-order valence-electron chi connectivity index (χ0n) is 7.63. The monoisotopic (exact) mass is 182 g/mol. The van der Waals surface area contributed by atoms with Gasteiger partial charge in [0.05, 0.1) is 0 Å². The molecule has 0 amide bonds. The lowest BCUT2D eigenvalue weighted by atomic mass is 10.2. The smallest absolute Gasteiger partial charge is 0.310 e. The first-order valence-electron chi connectivity index (χ1n) is 4.10. The van der Waals surface area contributed by atoms with Gasteiger partial charge in [-0.25, -0.2) is 4.39 Å². The number of hydrogen-bond donors (Lipinski definition) is 0. The van der Waals surface area contributed by atoms with E-state index in [2.05, 4.69) is 0 Å². The predicted octanol–water partition coefficient (Wildman–Crippen LogP) is 2.45. The lowest BCUT2D eigenvalue weighted by Gasteiger charge is -2.03. The second kappa shape index (κ2) is 4.03. The van der Waals surface area contributed by atoms with Crippen LogP contribution in [0.5, 0.6) is 5.75 Å². The van der Waals surface area contributed by atoms with E-state index in [0.717, 1.165) is 0 Å². The number of esters is 1. The lowest BCUT2D eigenvalue weighted by Crippen LogP contribution is -2.05. The SMILES string of the molecule is CCC(=O)Oc1ccc(F)c(C)c1. The first kappa shape index (κ1) is 9.71. The summed E-state index contributed by atoms with van der Waals surface area (Å²) in [4.78, 5) is 10.9. The molecule has 1 aromatic carbocycles. The maximum atomic E-state index is 12.8. The van der Waals surface area contributed by atoms with Gasteiger partial charge in [-0.1, -0.05) is 6.92 Å². The predicted molar refractivity (Wildman–Crippen MR) is 47.1 cm³/mol. The molecule has 0 atom stereocenters. The zero-order chi connectivity index (χ0) is 9.84. The van der Waals surface area contributed by atoms with E-state index in [4.69, 9.17) is 4.74 Å². The molecule has 2 nitrogen and oxygen atoms in total. The summed E-state index contributed by atoms with van der Waals surface area (Å²) in [7, 11) is 0.